The van der Waals surface area contributed by atoms with Gasteiger partial charge in [-0.25, -0.2) is 0 Å². The average Bonchev–Trinajstić information content (AvgIpc) is 2.27. The van der Waals surface area contributed by atoms with E-state index in [0.717, 1.165) is 4.90 Å². The molecule has 18 heavy (non-hydrogen) atoms. The minimum Gasteiger partial charge on any atom is -0.480 e. The summed E-state index contributed by atoms with van der Waals surface area (Å²) in [6.07, 6.45) is 5.09. The van der Waals surface area contributed by atoms with Gasteiger partial charge < -0.3 is 10.0 Å². The topological polar surface area (TPSA) is 57.6 Å². The van der Waals surface area contributed by atoms with Crippen molar-refractivity contribution in [2.75, 3.05) is 13.1 Å². The molecule has 1 aromatic carbocycles. The van der Waals surface area contributed by atoms with E-state index < -0.39 is 18.4 Å². The molecule has 1 N–H and O–H groups in total. The van der Waals surface area contributed by atoms with E-state index in [1.807, 2.05) is 0 Å². The fourth-order valence-electron chi connectivity index (χ4n) is 1.31. The Labute approximate surface area is 114 Å². The molecule has 1 rings (SSSR count). The van der Waals surface area contributed by atoms with Crippen LogP contribution in [0.3, 0.4) is 0 Å². The molecule has 94 valence electrons. The monoisotopic (exact) mass is 285 g/mol. The summed E-state index contributed by atoms with van der Waals surface area (Å²) < 4.78 is 0. The van der Waals surface area contributed by atoms with Crippen LogP contribution in [0.2, 0.25) is 10.0 Å². The number of nitrogens with zero attached hydrogens (tertiary/aromatic N) is 1. The molecule has 0 heterocycles. The molecule has 0 aromatic heterocycles. The summed E-state index contributed by atoms with van der Waals surface area (Å²) in [5, 5.41) is 9.24. The van der Waals surface area contributed by atoms with Gasteiger partial charge >= 0.3 is 5.97 Å². The number of benzene rings is 1. The highest BCUT2D eigenvalue weighted by atomic mass is 35.5. The number of halogens is 2. The lowest BCUT2D eigenvalue weighted by Gasteiger charge is -2.18. The van der Waals surface area contributed by atoms with Crippen LogP contribution in [0.5, 0.6) is 0 Å². The summed E-state index contributed by atoms with van der Waals surface area (Å²) >= 11 is 11.6. The first-order chi connectivity index (χ1) is 8.45. The zero-order valence-corrected chi connectivity index (χ0v) is 10.7. The van der Waals surface area contributed by atoms with E-state index in [1.54, 1.807) is 0 Å². The summed E-state index contributed by atoms with van der Waals surface area (Å²) in [5.74, 6) is 0.533. The van der Waals surface area contributed by atoms with Crippen molar-refractivity contribution in [2.45, 2.75) is 0 Å². The van der Waals surface area contributed by atoms with Gasteiger partial charge in [0.1, 0.15) is 6.54 Å². The lowest BCUT2D eigenvalue weighted by molar-refractivity contribution is -0.137. The second kappa shape index (κ2) is 6.29. The predicted octanol–water partition coefficient (Wildman–Crippen LogP) is 2.15. The largest absolute Gasteiger partial charge is 0.480 e. The van der Waals surface area contributed by atoms with Crippen LogP contribution in [0.4, 0.5) is 0 Å². The summed E-state index contributed by atoms with van der Waals surface area (Å²) in [6.45, 7) is -0.591. The van der Waals surface area contributed by atoms with Crippen LogP contribution in [0, 0.1) is 12.3 Å². The molecule has 0 fully saturated rings. The smallest absolute Gasteiger partial charge is 0.323 e. The Balaban J connectivity index is 3.02. The van der Waals surface area contributed by atoms with E-state index in [2.05, 4.69) is 5.92 Å². The van der Waals surface area contributed by atoms with Crippen molar-refractivity contribution in [2.24, 2.45) is 0 Å². The van der Waals surface area contributed by atoms with Crippen molar-refractivity contribution in [3.8, 4) is 12.3 Å². The molecular weight excluding hydrogens is 277 g/mol. The summed E-state index contributed by atoms with van der Waals surface area (Å²) in [7, 11) is 0. The number of carbonyl (C=O) groups excluding carboxylic acids is 1. The Morgan fingerprint density at radius 3 is 2.56 bits per heavy atom. The number of amides is 1. The molecule has 1 amide bonds. The molecular formula is C12H9Cl2NO3. The van der Waals surface area contributed by atoms with Gasteiger partial charge in [-0.1, -0.05) is 29.1 Å². The maximum absolute atomic E-state index is 12.0. The fraction of sp³-hybridized carbons (Fsp3) is 0.167. The van der Waals surface area contributed by atoms with Crippen LogP contribution in [0.25, 0.3) is 0 Å². The Morgan fingerprint density at radius 1 is 1.39 bits per heavy atom. The highest BCUT2D eigenvalue weighted by molar-refractivity contribution is 6.36. The van der Waals surface area contributed by atoms with Crippen LogP contribution in [0.15, 0.2) is 18.2 Å². The van der Waals surface area contributed by atoms with Gasteiger partial charge in [-0.2, -0.15) is 0 Å². The minimum atomic E-state index is -1.15. The number of hydrogen-bond donors (Lipinski definition) is 1. The van der Waals surface area contributed by atoms with Gasteiger partial charge in [0, 0.05) is 5.02 Å². The predicted molar refractivity (Wildman–Crippen MR) is 68.8 cm³/mol. The van der Waals surface area contributed by atoms with E-state index in [1.165, 1.54) is 18.2 Å². The van der Waals surface area contributed by atoms with Crippen LogP contribution >= 0.6 is 23.2 Å². The average molecular weight is 286 g/mol. The summed E-state index contributed by atoms with van der Waals surface area (Å²) in [5.41, 5.74) is 0.164. The number of terminal acetylenes is 1. The second-order valence-corrected chi connectivity index (χ2v) is 4.23. The van der Waals surface area contributed by atoms with E-state index in [0.29, 0.717) is 5.02 Å². The van der Waals surface area contributed by atoms with E-state index in [4.69, 9.17) is 34.7 Å². The molecule has 1 aromatic rings. The van der Waals surface area contributed by atoms with Crippen LogP contribution in [-0.4, -0.2) is 35.0 Å². The van der Waals surface area contributed by atoms with E-state index in [9.17, 15) is 9.59 Å². The molecule has 0 bridgehead atoms. The maximum Gasteiger partial charge on any atom is 0.323 e. The molecule has 0 spiro atoms. The van der Waals surface area contributed by atoms with Crippen LogP contribution in [-0.2, 0) is 4.79 Å². The van der Waals surface area contributed by atoms with Crippen LogP contribution < -0.4 is 0 Å². The van der Waals surface area contributed by atoms with Crippen molar-refractivity contribution < 1.29 is 14.7 Å². The first kappa shape index (κ1) is 14.4. The minimum absolute atomic E-state index is 0.107. The molecule has 4 nitrogen and oxygen atoms in total. The normalized spacial score (nSPS) is 9.61. The van der Waals surface area contributed by atoms with Gasteiger partial charge in [0.05, 0.1) is 17.1 Å². The van der Waals surface area contributed by atoms with Gasteiger partial charge in [-0.05, 0) is 18.2 Å². The Bertz CT molecular complexity index is 523. The van der Waals surface area contributed by atoms with Crippen molar-refractivity contribution >= 4 is 35.1 Å². The highest BCUT2D eigenvalue weighted by Gasteiger charge is 2.20. The molecule has 0 saturated heterocycles. The van der Waals surface area contributed by atoms with Crippen molar-refractivity contribution in [1.29, 1.82) is 0 Å². The molecule has 0 aliphatic rings. The Hall–Kier alpha value is -1.70. The molecule has 0 saturated carbocycles. The third-order valence-corrected chi connectivity index (χ3v) is 2.60. The molecule has 0 aliphatic heterocycles. The molecule has 0 unspecified atom stereocenters. The standard InChI is InChI=1S/C12H9Cl2NO3/c1-2-5-15(7-11(16)17)12(18)9-4-3-8(13)6-10(9)14/h1,3-4,6H,5,7H2,(H,16,17). The third kappa shape index (κ3) is 3.66. The van der Waals surface area contributed by atoms with Crippen molar-refractivity contribution in [3.63, 3.8) is 0 Å². The lowest BCUT2D eigenvalue weighted by atomic mass is 10.2. The lowest BCUT2D eigenvalue weighted by Crippen LogP contribution is -2.36. The zero-order chi connectivity index (χ0) is 13.7. The fourth-order valence-corrected chi connectivity index (χ4v) is 1.80. The number of hydrogen-bond acceptors (Lipinski definition) is 2. The third-order valence-electron chi connectivity index (χ3n) is 2.06. The zero-order valence-electron chi connectivity index (χ0n) is 9.19. The summed E-state index contributed by atoms with van der Waals surface area (Å²) in [6, 6.07) is 4.33. The van der Waals surface area contributed by atoms with Gasteiger partial charge in [-0.15, -0.1) is 6.42 Å². The second-order valence-electron chi connectivity index (χ2n) is 3.38. The van der Waals surface area contributed by atoms with E-state index >= 15 is 0 Å². The summed E-state index contributed by atoms with van der Waals surface area (Å²) in [4.78, 5) is 23.7. The SMILES string of the molecule is C#CCN(CC(=O)O)C(=O)c1ccc(Cl)cc1Cl. The first-order valence-corrected chi connectivity index (χ1v) is 5.61. The van der Waals surface area contributed by atoms with Gasteiger partial charge in [0.2, 0.25) is 0 Å². The number of aliphatic carboxylic acids is 1. The Kier molecular flexibility index (Phi) is 5.02. The number of rotatable bonds is 4. The Morgan fingerprint density at radius 2 is 2.06 bits per heavy atom. The highest BCUT2D eigenvalue weighted by Crippen LogP contribution is 2.22. The van der Waals surface area contributed by atoms with Gasteiger partial charge in [-0.3, -0.25) is 9.59 Å². The van der Waals surface area contributed by atoms with Gasteiger partial charge in [0.15, 0.2) is 0 Å². The quantitative estimate of drug-likeness (QED) is 0.863. The van der Waals surface area contributed by atoms with E-state index in [-0.39, 0.29) is 17.1 Å². The van der Waals surface area contributed by atoms with Crippen molar-refractivity contribution in [3.05, 3.63) is 33.8 Å². The van der Waals surface area contributed by atoms with Crippen molar-refractivity contribution in [1.82, 2.24) is 4.90 Å². The van der Waals surface area contributed by atoms with Gasteiger partial charge in [0.25, 0.3) is 5.91 Å². The molecule has 0 radical (unpaired) electrons. The number of carbonyl (C=O) groups is 2. The van der Waals surface area contributed by atoms with Crippen LogP contribution in [0.1, 0.15) is 10.4 Å². The molecule has 0 atom stereocenters. The molecule has 6 heteroatoms. The maximum atomic E-state index is 12.0. The number of carboxylic acid groups (broad SMARTS) is 1. The molecule has 0 aliphatic carbocycles. The number of carboxylic acids is 1. The first-order valence-electron chi connectivity index (χ1n) is 4.85.